The standard InChI is InChI=1S/C29H37N5O2/c1-29(2,3)24-16-18-25(19-17-24)34(26(35)11-7-10-21-8-5-4-6-9-21)20-22-12-14-23(15-13-22)27(36)32-28(30)33-31/h4-10,12-15,24-25,31H,11,16-20H2,1-3H3,(H2,30,32,36)/b10-7+,33-31?. The Labute approximate surface area is 214 Å². The van der Waals surface area contributed by atoms with Crippen LogP contribution in [0.5, 0.6) is 0 Å². The molecule has 0 atom stereocenters. The predicted octanol–water partition coefficient (Wildman–Crippen LogP) is 6.21. The summed E-state index contributed by atoms with van der Waals surface area (Å²) in [6.07, 6.45) is 8.50. The highest BCUT2D eigenvalue weighted by atomic mass is 16.2. The average Bonchev–Trinajstić information content (AvgIpc) is 2.87. The van der Waals surface area contributed by atoms with Crippen molar-refractivity contribution in [2.45, 2.75) is 65.5 Å². The molecule has 0 unspecified atom stereocenters. The molecule has 190 valence electrons. The fourth-order valence-electron chi connectivity index (χ4n) is 4.79. The topological polar surface area (TPSA) is 112 Å². The first kappa shape index (κ1) is 27.0. The fraction of sp³-hybridized carbons (Fsp3) is 0.414. The molecule has 0 aromatic heterocycles. The smallest absolute Gasteiger partial charge is 0.280 e. The Balaban J connectivity index is 1.73. The number of carbonyl (C=O) groups is 2. The number of guanidine groups is 1. The molecule has 1 fully saturated rings. The second kappa shape index (κ2) is 12.4. The van der Waals surface area contributed by atoms with Crippen LogP contribution in [-0.2, 0) is 11.3 Å². The van der Waals surface area contributed by atoms with Crippen LogP contribution in [0, 0.1) is 16.9 Å². The van der Waals surface area contributed by atoms with Crippen molar-refractivity contribution in [1.29, 1.82) is 5.53 Å². The van der Waals surface area contributed by atoms with Gasteiger partial charge < -0.3 is 10.6 Å². The van der Waals surface area contributed by atoms with Crippen molar-refractivity contribution in [2.24, 2.45) is 27.2 Å². The van der Waals surface area contributed by atoms with Gasteiger partial charge in [-0.3, -0.25) is 9.59 Å². The van der Waals surface area contributed by atoms with Gasteiger partial charge in [0.05, 0.1) is 0 Å². The van der Waals surface area contributed by atoms with Crippen molar-refractivity contribution in [1.82, 2.24) is 4.90 Å². The number of carbonyl (C=O) groups excluding carboxylic acids is 2. The van der Waals surface area contributed by atoms with E-state index < -0.39 is 5.91 Å². The molecule has 3 N–H and O–H groups in total. The van der Waals surface area contributed by atoms with Crippen LogP contribution in [0.1, 0.15) is 74.4 Å². The van der Waals surface area contributed by atoms with Gasteiger partial charge in [-0.2, -0.15) is 4.99 Å². The summed E-state index contributed by atoms with van der Waals surface area (Å²) in [4.78, 5) is 31.2. The number of rotatable bonds is 7. The highest BCUT2D eigenvalue weighted by Crippen LogP contribution is 2.39. The SMILES string of the molecule is CC(C)(C)C1CCC(N(Cc2ccc(C(=O)N=C(N)N=N)cc2)C(=O)C/C=C/c2ccccc2)CC1. The number of hydrogen-bond acceptors (Lipinski definition) is 3. The summed E-state index contributed by atoms with van der Waals surface area (Å²) in [6, 6.07) is 17.2. The zero-order valence-corrected chi connectivity index (χ0v) is 21.5. The molecule has 3 rings (SSSR count). The Bertz CT molecular complexity index is 1090. The van der Waals surface area contributed by atoms with Gasteiger partial charge in [-0.25, -0.2) is 5.53 Å². The summed E-state index contributed by atoms with van der Waals surface area (Å²) in [7, 11) is 0. The lowest BCUT2D eigenvalue weighted by Crippen LogP contribution is -2.43. The normalized spacial score (nSPS) is 18.7. The summed E-state index contributed by atoms with van der Waals surface area (Å²) < 4.78 is 0. The van der Waals surface area contributed by atoms with Gasteiger partial charge in [-0.1, -0.05) is 75.4 Å². The Hall–Kier alpha value is -3.61. The van der Waals surface area contributed by atoms with Crippen molar-refractivity contribution in [2.75, 3.05) is 0 Å². The molecule has 0 spiro atoms. The van der Waals surface area contributed by atoms with Crippen molar-refractivity contribution in [3.8, 4) is 0 Å². The van der Waals surface area contributed by atoms with Crippen LogP contribution in [0.15, 0.2) is 70.8 Å². The molecule has 0 heterocycles. The first-order chi connectivity index (χ1) is 17.2. The van der Waals surface area contributed by atoms with E-state index in [1.807, 2.05) is 59.5 Å². The van der Waals surface area contributed by atoms with Crippen LogP contribution < -0.4 is 5.73 Å². The van der Waals surface area contributed by atoms with Gasteiger partial charge in [0.2, 0.25) is 11.9 Å². The van der Waals surface area contributed by atoms with Gasteiger partial charge in [0.25, 0.3) is 5.91 Å². The van der Waals surface area contributed by atoms with Crippen molar-refractivity contribution in [3.05, 3.63) is 77.4 Å². The van der Waals surface area contributed by atoms with Crippen molar-refractivity contribution in [3.63, 3.8) is 0 Å². The van der Waals surface area contributed by atoms with E-state index in [2.05, 4.69) is 30.9 Å². The minimum absolute atomic E-state index is 0.107. The maximum atomic E-state index is 13.4. The summed E-state index contributed by atoms with van der Waals surface area (Å²) in [6.45, 7) is 7.39. The first-order valence-corrected chi connectivity index (χ1v) is 12.5. The molecule has 7 nitrogen and oxygen atoms in total. The summed E-state index contributed by atoms with van der Waals surface area (Å²) in [5.74, 6) is -0.154. The largest absolute Gasteiger partial charge is 0.366 e. The number of benzene rings is 2. The molecule has 1 aliphatic rings. The minimum atomic E-state index is -0.547. The predicted molar refractivity (Wildman–Crippen MR) is 143 cm³/mol. The number of amides is 2. The quantitative estimate of drug-likeness (QED) is 0.275. The third kappa shape index (κ3) is 7.70. The van der Waals surface area contributed by atoms with E-state index in [0.29, 0.717) is 24.4 Å². The monoisotopic (exact) mass is 487 g/mol. The van der Waals surface area contributed by atoms with Crippen LogP contribution in [0.3, 0.4) is 0 Å². The van der Waals surface area contributed by atoms with Crippen LogP contribution in [0.25, 0.3) is 6.08 Å². The third-order valence-electron chi connectivity index (χ3n) is 6.97. The molecule has 2 aromatic rings. The molecular formula is C29H37N5O2. The van der Waals surface area contributed by atoms with Crippen LogP contribution in [0.2, 0.25) is 0 Å². The molecule has 0 bridgehead atoms. The Kier molecular flexibility index (Phi) is 9.28. The number of hydrogen-bond donors (Lipinski definition) is 2. The van der Waals surface area contributed by atoms with E-state index in [-0.39, 0.29) is 23.3 Å². The van der Waals surface area contributed by atoms with Crippen LogP contribution in [0.4, 0.5) is 0 Å². The highest BCUT2D eigenvalue weighted by Gasteiger charge is 2.33. The van der Waals surface area contributed by atoms with Gasteiger partial charge in [0, 0.05) is 24.6 Å². The second-order valence-corrected chi connectivity index (χ2v) is 10.5. The van der Waals surface area contributed by atoms with Gasteiger partial charge in [-0.05, 0) is 60.3 Å². The second-order valence-electron chi connectivity index (χ2n) is 10.5. The lowest BCUT2D eigenvalue weighted by atomic mass is 9.71. The van der Waals surface area contributed by atoms with E-state index >= 15 is 0 Å². The van der Waals surface area contributed by atoms with E-state index in [1.54, 1.807) is 12.1 Å². The van der Waals surface area contributed by atoms with Crippen LogP contribution in [-0.4, -0.2) is 28.7 Å². The van der Waals surface area contributed by atoms with Crippen molar-refractivity contribution < 1.29 is 9.59 Å². The minimum Gasteiger partial charge on any atom is -0.366 e. The number of aliphatic imine (C=N–C) groups is 1. The molecule has 0 radical (unpaired) electrons. The van der Waals surface area contributed by atoms with Gasteiger partial charge in [0.15, 0.2) is 0 Å². The lowest BCUT2D eigenvalue weighted by molar-refractivity contribution is -0.134. The maximum absolute atomic E-state index is 13.4. The molecular weight excluding hydrogens is 450 g/mol. The van der Waals surface area contributed by atoms with E-state index in [9.17, 15) is 9.59 Å². The fourth-order valence-corrected chi connectivity index (χ4v) is 4.79. The molecule has 36 heavy (non-hydrogen) atoms. The summed E-state index contributed by atoms with van der Waals surface area (Å²) in [5.41, 5.74) is 14.9. The Morgan fingerprint density at radius 3 is 2.25 bits per heavy atom. The third-order valence-corrected chi connectivity index (χ3v) is 6.97. The molecule has 1 aliphatic carbocycles. The van der Waals surface area contributed by atoms with E-state index in [0.717, 1.165) is 36.8 Å². The van der Waals surface area contributed by atoms with E-state index in [4.69, 9.17) is 11.3 Å². The number of nitrogens with one attached hydrogen (secondary N) is 1. The molecule has 1 saturated carbocycles. The molecule has 2 amide bonds. The van der Waals surface area contributed by atoms with Gasteiger partial charge in [0.1, 0.15) is 0 Å². The maximum Gasteiger partial charge on any atom is 0.280 e. The molecule has 7 heteroatoms. The lowest BCUT2D eigenvalue weighted by Gasteiger charge is -2.41. The van der Waals surface area contributed by atoms with Crippen molar-refractivity contribution >= 4 is 23.8 Å². The average molecular weight is 488 g/mol. The summed E-state index contributed by atoms with van der Waals surface area (Å²) >= 11 is 0. The van der Waals surface area contributed by atoms with E-state index in [1.165, 1.54) is 0 Å². The molecule has 0 saturated heterocycles. The first-order valence-electron chi connectivity index (χ1n) is 12.5. The Morgan fingerprint density at radius 2 is 1.67 bits per heavy atom. The Morgan fingerprint density at radius 1 is 1.03 bits per heavy atom. The number of nitrogens with zero attached hydrogens (tertiary/aromatic N) is 3. The summed E-state index contributed by atoms with van der Waals surface area (Å²) in [5, 5.41) is 2.95. The van der Waals surface area contributed by atoms with Crippen LogP contribution >= 0.6 is 0 Å². The highest BCUT2D eigenvalue weighted by molar-refractivity contribution is 6.02. The zero-order valence-electron chi connectivity index (χ0n) is 21.5. The zero-order chi connectivity index (χ0) is 26.1. The molecule has 2 aromatic carbocycles. The number of nitrogens with two attached hydrogens (primary N) is 1. The van der Waals surface area contributed by atoms with Gasteiger partial charge >= 0.3 is 0 Å². The van der Waals surface area contributed by atoms with Gasteiger partial charge in [-0.15, -0.1) is 5.11 Å². The molecule has 0 aliphatic heterocycles.